The molecule has 1 aliphatic heterocycles. The predicted molar refractivity (Wildman–Crippen MR) is 135 cm³/mol. The van der Waals surface area contributed by atoms with Crippen LogP contribution in [0.25, 0.3) is 11.1 Å². The quantitative estimate of drug-likeness (QED) is 0.548. The first-order chi connectivity index (χ1) is 17.1. The molecule has 2 fully saturated rings. The fraction of sp³-hybridized carbons (Fsp3) is 0.393. The minimum Gasteiger partial charge on any atom is -0.497 e. The molecule has 0 unspecified atom stereocenters. The molecule has 0 bridgehead atoms. The van der Waals surface area contributed by atoms with Gasteiger partial charge in [-0.25, -0.2) is 9.97 Å². The SMILES string of the molecule is COc1ccc(C2(C(=O)N3CCC[C@H]3c3nc(N)ncc3-c3cccc(OC)c3)CCCC2)cc1. The Bertz CT molecular complexity index is 1210. The summed E-state index contributed by atoms with van der Waals surface area (Å²) in [6, 6.07) is 15.7. The van der Waals surface area contributed by atoms with Crippen LogP contribution in [-0.2, 0) is 10.2 Å². The lowest BCUT2D eigenvalue weighted by atomic mass is 9.77. The molecule has 1 saturated heterocycles. The number of likely N-dealkylation sites (tertiary alicyclic amines) is 1. The lowest BCUT2D eigenvalue weighted by Crippen LogP contribution is -2.45. The molecule has 182 valence electrons. The summed E-state index contributed by atoms with van der Waals surface area (Å²) in [4.78, 5) is 25.3. The van der Waals surface area contributed by atoms with Crippen LogP contribution in [0.2, 0.25) is 0 Å². The maximum Gasteiger partial charge on any atom is 0.233 e. The van der Waals surface area contributed by atoms with E-state index in [1.807, 2.05) is 41.3 Å². The summed E-state index contributed by atoms with van der Waals surface area (Å²) >= 11 is 0. The van der Waals surface area contributed by atoms with Crippen molar-refractivity contribution in [2.45, 2.75) is 50.0 Å². The van der Waals surface area contributed by atoms with Crippen LogP contribution in [-0.4, -0.2) is 41.5 Å². The van der Waals surface area contributed by atoms with Crippen LogP contribution >= 0.6 is 0 Å². The number of benzene rings is 2. The minimum atomic E-state index is -0.510. The van der Waals surface area contributed by atoms with E-state index in [1.165, 1.54) is 0 Å². The van der Waals surface area contributed by atoms with E-state index in [9.17, 15) is 4.79 Å². The van der Waals surface area contributed by atoms with Crippen molar-refractivity contribution in [3.05, 3.63) is 66.0 Å². The maximum atomic E-state index is 14.3. The van der Waals surface area contributed by atoms with Crippen molar-refractivity contribution < 1.29 is 14.3 Å². The Morgan fingerprint density at radius 1 is 1.03 bits per heavy atom. The highest BCUT2D eigenvalue weighted by Gasteiger charge is 2.48. The molecule has 2 N–H and O–H groups in total. The van der Waals surface area contributed by atoms with E-state index in [0.717, 1.165) is 72.4 Å². The van der Waals surface area contributed by atoms with Crippen LogP contribution in [0, 0.1) is 0 Å². The Morgan fingerprint density at radius 2 is 1.77 bits per heavy atom. The average molecular weight is 473 g/mol. The zero-order valence-electron chi connectivity index (χ0n) is 20.4. The number of nitrogens with two attached hydrogens (primary N) is 1. The topological polar surface area (TPSA) is 90.6 Å². The Kier molecular flexibility index (Phi) is 6.32. The van der Waals surface area contributed by atoms with Crippen molar-refractivity contribution in [3.8, 4) is 22.6 Å². The molecule has 2 aromatic carbocycles. The second-order valence-corrected chi connectivity index (χ2v) is 9.43. The van der Waals surface area contributed by atoms with Gasteiger partial charge in [0.05, 0.1) is 31.4 Å². The summed E-state index contributed by atoms with van der Waals surface area (Å²) in [5, 5.41) is 0. The fourth-order valence-corrected chi connectivity index (χ4v) is 5.76. The van der Waals surface area contributed by atoms with Crippen LogP contribution in [0.3, 0.4) is 0 Å². The molecule has 2 aliphatic rings. The molecular formula is C28H32N4O3. The lowest BCUT2D eigenvalue weighted by molar-refractivity contribution is -0.138. The Hall–Kier alpha value is -3.61. The number of amides is 1. The molecule has 2 heterocycles. The van der Waals surface area contributed by atoms with Gasteiger partial charge in [0.15, 0.2) is 0 Å². The molecule has 1 aliphatic carbocycles. The highest BCUT2D eigenvalue weighted by molar-refractivity contribution is 5.89. The number of nitrogen functional groups attached to an aromatic ring is 1. The Labute approximate surface area is 206 Å². The molecule has 35 heavy (non-hydrogen) atoms. The number of methoxy groups -OCH3 is 2. The van der Waals surface area contributed by atoms with Crippen LogP contribution in [0.1, 0.15) is 55.8 Å². The number of nitrogens with zero attached hydrogens (tertiary/aromatic N) is 3. The molecule has 1 saturated carbocycles. The van der Waals surface area contributed by atoms with Gasteiger partial charge in [-0.05, 0) is 61.1 Å². The van der Waals surface area contributed by atoms with Crippen LogP contribution in [0.4, 0.5) is 5.95 Å². The summed E-state index contributed by atoms with van der Waals surface area (Å²) in [6.07, 6.45) is 7.35. The lowest BCUT2D eigenvalue weighted by Gasteiger charge is -2.36. The molecule has 7 nitrogen and oxygen atoms in total. The van der Waals surface area contributed by atoms with Crippen molar-refractivity contribution in [1.29, 1.82) is 0 Å². The first kappa shape index (κ1) is 23.1. The second kappa shape index (κ2) is 9.56. The van der Waals surface area contributed by atoms with Crippen LogP contribution < -0.4 is 15.2 Å². The van der Waals surface area contributed by atoms with Gasteiger partial charge in [-0.2, -0.15) is 0 Å². The van der Waals surface area contributed by atoms with Gasteiger partial charge >= 0.3 is 0 Å². The summed E-state index contributed by atoms with van der Waals surface area (Å²) in [6.45, 7) is 0.711. The minimum absolute atomic E-state index is 0.148. The predicted octanol–water partition coefficient (Wildman–Crippen LogP) is 4.92. The van der Waals surface area contributed by atoms with E-state index in [-0.39, 0.29) is 17.9 Å². The van der Waals surface area contributed by atoms with E-state index < -0.39 is 5.41 Å². The van der Waals surface area contributed by atoms with E-state index >= 15 is 0 Å². The van der Waals surface area contributed by atoms with Gasteiger partial charge in [-0.1, -0.05) is 37.1 Å². The highest BCUT2D eigenvalue weighted by atomic mass is 16.5. The molecule has 0 radical (unpaired) electrons. The Morgan fingerprint density at radius 3 is 2.49 bits per heavy atom. The molecule has 1 aromatic heterocycles. The fourth-order valence-electron chi connectivity index (χ4n) is 5.76. The summed E-state index contributed by atoms with van der Waals surface area (Å²) < 4.78 is 10.8. The normalized spacial score (nSPS) is 19.0. The first-order valence-electron chi connectivity index (χ1n) is 12.3. The van der Waals surface area contributed by atoms with Gasteiger partial charge in [0.2, 0.25) is 11.9 Å². The smallest absolute Gasteiger partial charge is 0.233 e. The molecule has 5 rings (SSSR count). The van der Waals surface area contributed by atoms with E-state index in [4.69, 9.17) is 15.2 Å². The average Bonchev–Trinajstić information content (AvgIpc) is 3.59. The van der Waals surface area contributed by atoms with E-state index in [1.54, 1.807) is 20.4 Å². The third kappa shape index (κ3) is 4.20. The molecule has 7 heteroatoms. The van der Waals surface area contributed by atoms with Gasteiger partial charge in [0.25, 0.3) is 0 Å². The van der Waals surface area contributed by atoms with Gasteiger partial charge in [-0.15, -0.1) is 0 Å². The monoisotopic (exact) mass is 472 g/mol. The number of carbonyl (C=O) groups is 1. The van der Waals surface area contributed by atoms with E-state index in [2.05, 4.69) is 22.1 Å². The van der Waals surface area contributed by atoms with Gasteiger partial charge < -0.3 is 20.1 Å². The number of hydrogen-bond acceptors (Lipinski definition) is 6. The van der Waals surface area contributed by atoms with Gasteiger partial charge in [0.1, 0.15) is 11.5 Å². The standard InChI is InChI=1S/C28H32N4O3/c1-34-21-12-10-20(11-13-21)28(14-3-4-15-28)26(33)32-16-6-9-24(32)25-23(18-30-27(29)31-25)19-7-5-8-22(17-19)35-2/h5,7-8,10-13,17-18,24H,3-4,6,9,14-16H2,1-2H3,(H2,29,30,31)/t24-/m0/s1. The van der Waals surface area contributed by atoms with Gasteiger partial charge in [-0.3, -0.25) is 4.79 Å². The Balaban J connectivity index is 1.54. The third-order valence-electron chi connectivity index (χ3n) is 7.56. The van der Waals surface area contributed by atoms with Crippen molar-refractivity contribution in [2.75, 3.05) is 26.5 Å². The maximum absolute atomic E-state index is 14.3. The van der Waals surface area contributed by atoms with Crippen molar-refractivity contribution in [1.82, 2.24) is 14.9 Å². The first-order valence-corrected chi connectivity index (χ1v) is 12.3. The second-order valence-electron chi connectivity index (χ2n) is 9.43. The summed E-state index contributed by atoms with van der Waals surface area (Å²) in [5.74, 6) is 1.97. The number of aromatic nitrogens is 2. The molecular weight excluding hydrogens is 440 g/mol. The molecule has 0 spiro atoms. The van der Waals surface area contributed by atoms with Gasteiger partial charge in [0, 0.05) is 18.3 Å². The van der Waals surface area contributed by atoms with Crippen molar-refractivity contribution >= 4 is 11.9 Å². The number of anilines is 1. The molecule has 1 atom stereocenters. The molecule has 3 aromatic rings. The van der Waals surface area contributed by atoms with Crippen molar-refractivity contribution in [3.63, 3.8) is 0 Å². The van der Waals surface area contributed by atoms with Crippen LogP contribution in [0.15, 0.2) is 54.7 Å². The zero-order valence-corrected chi connectivity index (χ0v) is 20.4. The summed E-state index contributed by atoms with van der Waals surface area (Å²) in [7, 11) is 3.31. The number of hydrogen-bond donors (Lipinski definition) is 1. The summed E-state index contributed by atoms with van der Waals surface area (Å²) in [5.41, 5.74) is 9.25. The van der Waals surface area contributed by atoms with Crippen LogP contribution in [0.5, 0.6) is 11.5 Å². The molecule has 1 amide bonds. The number of carbonyl (C=O) groups excluding carboxylic acids is 1. The number of rotatable bonds is 6. The van der Waals surface area contributed by atoms with Crippen molar-refractivity contribution in [2.24, 2.45) is 0 Å². The van der Waals surface area contributed by atoms with E-state index in [0.29, 0.717) is 6.54 Å². The largest absolute Gasteiger partial charge is 0.497 e. The zero-order chi connectivity index (χ0) is 24.4. The highest BCUT2D eigenvalue weighted by Crippen LogP contribution is 2.46. The third-order valence-corrected chi connectivity index (χ3v) is 7.56. The number of ether oxygens (including phenoxy) is 2.